The molecule has 2 N–H and O–H groups in total. The van der Waals surface area contributed by atoms with E-state index in [1.165, 1.54) is 10.9 Å². The predicted octanol–water partition coefficient (Wildman–Crippen LogP) is 3.40. The van der Waals surface area contributed by atoms with Gasteiger partial charge in [-0.2, -0.15) is 5.10 Å². The molecular formula is C21H24N4O3. The van der Waals surface area contributed by atoms with Crippen LogP contribution in [0.4, 0.5) is 5.69 Å². The van der Waals surface area contributed by atoms with E-state index in [4.69, 9.17) is 4.42 Å². The van der Waals surface area contributed by atoms with Crippen molar-refractivity contribution < 1.29 is 14.0 Å². The lowest BCUT2D eigenvalue weighted by Crippen LogP contribution is -2.44. The first-order chi connectivity index (χ1) is 13.3. The van der Waals surface area contributed by atoms with E-state index >= 15 is 0 Å². The van der Waals surface area contributed by atoms with Crippen LogP contribution in [0.25, 0.3) is 0 Å². The molecule has 0 saturated heterocycles. The summed E-state index contributed by atoms with van der Waals surface area (Å²) >= 11 is 0. The monoisotopic (exact) mass is 380 g/mol. The molecule has 2 aromatic heterocycles. The summed E-state index contributed by atoms with van der Waals surface area (Å²) in [5, 5.41) is 9.97. The van der Waals surface area contributed by atoms with E-state index in [2.05, 4.69) is 15.7 Å². The molecule has 0 aliphatic heterocycles. The first-order valence-corrected chi connectivity index (χ1v) is 9.03. The SMILES string of the molecule is Cc1cc(C(=O)Nc2cnn(C(C)(C)C(=O)NCc3ccccc3)c2)c(C)o1. The second kappa shape index (κ2) is 7.72. The highest BCUT2D eigenvalue weighted by molar-refractivity contribution is 6.04. The van der Waals surface area contributed by atoms with Gasteiger partial charge in [-0.3, -0.25) is 14.3 Å². The molecule has 0 atom stereocenters. The molecule has 0 spiro atoms. The topological polar surface area (TPSA) is 89.2 Å². The molecule has 7 heteroatoms. The summed E-state index contributed by atoms with van der Waals surface area (Å²) in [6.45, 7) is 7.52. The fraction of sp³-hybridized carbons (Fsp3) is 0.286. The number of hydrogen-bond acceptors (Lipinski definition) is 4. The lowest BCUT2D eigenvalue weighted by Gasteiger charge is -2.24. The number of rotatable bonds is 6. The molecule has 0 aliphatic rings. The number of furan rings is 1. The number of aryl methyl sites for hydroxylation is 2. The zero-order valence-electron chi connectivity index (χ0n) is 16.4. The Balaban J connectivity index is 1.66. The number of carbonyl (C=O) groups excluding carboxylic acids is 2. The fourth-order valence-electron chi connectivity index (χ4n) is 2.85. The maximum atomic E-state index is 12.7. The molecule has 0 bridgehead atoms. The highest BCUT2D eigenvalue weighted by Crippen LogP contribution is 2.20. The molecule has 1 aromatic carbocycles. The largest absolute Gasteiger partial charge is 0.466 e. The number of benzene rings is 1. The molecule has 0 saturated carbocycles. The molecule has 0 radical (unpaired) electrons. The zero-order valence-corrected chi connectivity index (χ0v) is 16.4. The zero-order chi connectivity index (χ0) is 20.3. The minimum atomic E-state index is -0.917. The van der Waals surface area contributed by atoms with Crippen LogP contribution in [-0.4, -0.2) is 21.6 Å². The van der Waals surface area contributed by atoms with Crippen LogP contribution in [0.3, 0.4) is 0 Å². The van der Waals surface area contributed by atoms with Crippen molar-refractivity contribution in [2.45, 2.75) is 39.8 Å². The van der Waals surface area contributed by atoms with Crippen molar-refractivity contribution in [3.8, 4) is 0 Å². The average Bonchev–Trinajstić information content (AvgIpc) is 3.26. The van der Waals surface area contributed by atoms with E-state index in [0.717, 1.165) is 5.56 Å². The van der Waals surface area contributed by atoms with Crippen molar-refractivity contribution in [1.82, 2.24) is 15.1 Å². The van der Waals surface area contributed by atoms with Crippen LogP contribution in [0.15, 0.2) is 53.2 Å². The molecule has 0 aliphatic carbocycles. The number of carbonyl (C=O) groups is 2. The Morgan fingerprint density at radius 1 is 1.18 bits per heavy atom. The Kier molecular flexibility index (Phi) is 5.35. The van der Waals surface area contributed by atoms with Crippen molar-refractivity contribution in [2.24, 2.45) is 0 Å². The van der Waals surface area contributed by atoms with E-state index in [0.29, 0.717) is 29.3 Å². The number of nitrogens with one attached hydrogen (secondary N) is 2. The van der Waals surface area contributed by atoms with Gasteiger partial charge in [0.15, 0.2) is 0 Å². The van der Waals surface area contributed by atoms with Crippen molar-refractivity contribution in [2.75, 3.05) is 5.32 Å². The quantitative estimate of drug-likeness (QED) is 0.686. The summed E-state index contributed by atoms with van der Waals surface area (Å²) in [5.74, 6) is 0.788. The maximum Gasteiger partial charge on any atom is 0.259 e. The summed E-state index contributed by atoms with van der Waals surface area (Å²) in [6, 6.07) is 11.4. The number of hydrogen-bond donors (Lipinski definition) is 2. The molecule has 28 heavy (non-hydrogen) atoms. The third-order valence-electron chi connectivity index (χ3n) is 4.55. The summed E-state index contributed by atoms with van der Waals surface area (Å²) in [6.07, 6.45) is 3.16. The van der Waals surface area contributed by atoms with Crippen LogP contribution in [0.2, 0.25) is 0 Å². The van der Waals surface area contributed by atoms with Gasteiger partial charge in [0.05, 0.1) is 17.4 Å². The Labute approximate surface area is 163 Å². The van der Waals surface area contributed by atoms with E-state index < -0.39 is 5.54 Å². The molecule has 2 amide bonds. The molecule has 3 rings (SSSR count). The maximum absolute atomic E-state index is 12.7. The first-order valence-electron chi connectivity index (χ1n) is 9.03. The van der Waals surface area contributed by atoms with Crippen molar-refractivity contribution in [3.63, 3.8) is 0 Å². The second-order valence-electron chi connectivity index (χ2n) is 7.18. The van der Waals surface area contributed by atoms with Crippen molar-refractivity contribution in [3.05, 3.63) is 71.4 Å². The van der Waals surface area contributed by atoms with E-state index in [-0.39, 0.29) is 11.8 Å². The number of nitrogens with zero attached hydrogens (tertiary/aromatic N) is 2. The van der Waals surface area contributed by atoms with Gasteiger partial charge in [-0.15, -0.1) is 0 Å². The second-order valence-corrected chi connectivity index (χ2v) is 7.18. The van der Waals surface area contributed by atoms with Gasteiger partial charge in [0.25, 0.3) is 5.91 Å². The van der Waals surface area contributed by atoms with Crippen LogP contribution in [-0.2, 0) is 16.9 Å². The summed E-state index contributed by atoms with van der Waals surface area (Å²) in [4.78, 5) is 25.1. The number of aromatic nitrogens is 2. The van der Waals surface area contributed by atoms with Gasteiger partial charge in [0.2, 0.25) is 5.91 Å². The van der Waals surface area contributed by atoms with Gasteiger partial charge in [0, 0.05) is 12.7 Å². The van der Waals surface area contributed by atoms with Crippen LogP contribution >= 0.6 is 0 Å². The van der Waals surface area contributed by atoms with Crippen LogP contribution < -0.4 is 10.6 Å². The summed E-state index contributed by atoms with van der Waals surface area (Å²) in [7, 11) is 0. The first kappa shape index (κ1) is 19.4. The molecule has 146 valence electrons. The fourth-order valence-corrected chi connectivity index (χ4v) is 2.85. The molecule has 2 heterocycles. The van der Waals surface area contributed by atoms with Crippen LogP contribution in [0, 0.1) is 13.8 Å². The lowest BCUT2D eigenvalue weighted by atomic mass is 10.0. The standard InChI is InChI=1S/C21H24N4O3/c1-14-10-18(15(2)28-14)19(26)24-17-12-23-25(13-17)21(3,4)20(27)22-11-16-8-6-5-7-9-16/h5-10,12-13H,11H2,1-4H3,(H,22,27)(H,24,26). The van der Waals surface area contributed by atoms with Gasteiger partial charge in [-0.1, -0.05) is 30.3 Å². The molecule has 0 fully saturated rings. The summed E-state index contributed by atoms with van der Waals surface area (Å²) < 4.78 is 6.93. The van der Waals surface area contributed by atoms with Crippen LogP contribution in [0.5, 0.6) is 0 Å². The van der Waals surface area contributed by atoms with Gasteiger partial charge >= 0.3 is 0 Å². The predicted molar refractivity (Wildman–Crippen MR) is 106 cm³/mol. The van der Waals surface area contributed by atoms with E-state index in [9.17, 15) is 9.59 Å². The third kappa shape index (κ3) is 4.14. The molecule has 0 unspecified atom stereocenters. The van der Waals surface area contributed by atoms with Gasteiger partial charge < -0.3 is 15.1 Å². The number of anilines is 1. The van der Waals surface area contributed by atoms with E-state index in [1.54, 1.807) is 40.0 Å². The normalized spacial score (nSPS) is 11.3. The van der Waals surface area contributed by atoms with E-state index in [1.807, 2.05) is 30.3 Å². The molecule has 3 aromatic rings. The Morgan fingerprint density at radius 3 is 2.54 bits per heavy atom. The third-order valence-corrected chi connectivity index (χ3v) is 4.55. The highest BCUT2D eigenvalue weighted by atomic mass is 16.3. The van der Waals surface area contributed by atoms with Crippen molar-refractivity contribution in [1.29, 1.82) is 0 Å². The lowest BCUT2D eigenvalue weighted by molar-refractivity contribution is -0.129. The van der Waals surface area contributed by atoms with Gasteiger partial charge in [-0.05, 0) is 39.3 Å². The number of amides is 2. The summed E-state index contributed by atoms with van der Waals surface area (Å²) in [5.41, 5.74) is 1.09. The minimum Gasteiger partial charge on any atom is -0.466 e. The van der Waals surface area contributed by atoms with Gasteiger partial charge in [0.1, 0.15) is 17.1 Å². The minimum absolute atomic E-state index is 0.168. The molecular weight excluding hydrogens is 356 g/mol. The van der Waals surface area contributed by atoms with Crippen molar-refractivity contribution >= 4 is 17.5 Å². The van der Waals surface area contributed by atoms with Gasteiger partial charge in [-0.25, -0.2) is 0 Å². The Bertz CT molecular complexity index is 986. The van der Waals surface area contributed by atoms with Crippen LogP contribution in [0.1, 0.15) is 41.3 Å². The Morgan fingerprint density at radius 2 is 1.89 bits per heavy atom. The Hall–Kier alpha value is -3.35. The highest BCUT2D eigenvalue weighted by Gasteiger charge is 2.30. The molecule has 7 nitrogen and oxygen atoms in total. The smallest absolute Gasteiger partial charge is 0.259 e. The average molecular weight is 380 g/mol.